The molecular weight excluding hydrogens is 381 g/mol. The molecule has 10 nitrogen and oxygen atoms in total. The largest absolute Gasteiger partial charge is 0.582 e. The number of imidazole rings is 1. The number of ether oxygens (including phenoxy) is 1. The van der Waals surface area contributed by atoms with Crippen LogP contribution in [0.3, 0.4) is 0 Å². The second-order valence-electron chi connectivity index (χ2n) is 6.21. The van der Waals surface area contributed by atoms with Crippen LogP contribution in [0.4, 0.5) is 5.95 Å². The normalized spacial score (nSPS) is 20.7. The lowest BCUT2D eigenvalue weighted by molar-refractivity contribution is -0.118. The van der Waals surface area contributed by atoms with Crippen LogP contribution in [0.25, 0.3) is 11.2 Å². The van der Waals surface area contributed by atoms with Crippen LogP contribution in [0, 0.1) is 5.92 Å². The van der Waals surface area contributed by atoms with Gasteiger partial charge >= 0.3 is 7.23 Å². The summed E-state index contributed by atoms with van der Waals surface area (Å²) < 4.78 is 23.4. The Kier molecular flexibility index (Phi) is 5.71. The fourth-order valence-electron chi connectivity index (χ4n) is 2.62. The van der Waals surface area contributed by atoms with Gasteiger partial charge in [-0.05, 0) is 17.4 Å². The number of amides is 1. The first-order chi connectivity index (χ1) is 12.3. The van der Waals surface area contributed by atoms with Crippen LogP contribution in [0.1, 0.15) is 32.9 Å². The summed E-state index contributed by atoms with van der Waals surface area (Å²) in [6.07, 6.45) is 2.22. The molecule has 26 heavy (non-hydrogen) atoms. The molecule has 1 aliphatic rings. The Hall–Kier alpha value is -1.81. The Labute approximate surface area is 154 Å². The van der Waals surface area contributed by atoms with Crippen molar-refractivity contribution >= 4 is 42.5 Å². The van der Waals surface area contributed by atoms with E-state index in [2.05, 4.69) is 32.5 Å². The van der Waals surface area contributed by atoms with E-state index in [-0.39, 0.29) is 42.2 Å². The quantitative estimate of drug-likeness (QED) is 0.500. The fraction of sp³-hybridized carbons (Fsp3) is 0.571. The minimum absolute atomic E-state index is 0.0629. The molecule has 1 aliphatic heterocycles. The van der Waals surface area contributed by atoms with Gasteiger partial charge in [-0.2, -0.15) is 4.98 Å². The predicted molar refractivity (Wildman–Crippen MR) is 97.3 cm³/mol. The summed E-state index contributed by atoms with van der Waals surface area (Å²) in [6.45, 7) is 3.65. The van der Waals surface area contributed by atoms with E-state index in [9.17, 15) is 14.2 Å². The molecule has 140 valence electrons. The van der Waals surface area contributed by atoms with E-state index in [1.54, 1.807) is 18.4 Å². The maximum atomic E-state index is 12.2. The number of anilines is 1. The third-order valence-corrected chi connectivity index (χ3v) is 4.68. The number of rotatable bonds is 6. The molecule has 3 atom stereocenters. The molecule has 1 unspecified atom stereocenters. The SMILES string of the molecule is CC(C)C(=O)Nc1nc2c(ncn2[C@H]2CC[C@@H](CO[P+](=O)S)O2)c(=O)[nH]1. The summed E-state index contributed by atoms with van der Waals surface area (Å²) in [5.74, 6) is -0.445. The second kappa shape index (κ2) is 7.83. The molecule has 1 fully saturated rings. The third-order valence-electron chi connectivity index (χ3n) is 3.96. The molecule has 3 rings (SSSR count). The second-order valence-corrected chi connectivity index (χ2v) is 7.92. The lowest BCUT2D eigenvalue weighted by Gasteiger charge is -2.14. The van der Waals surface area contributed by atoms with Gasteiger partial charge in [-0.25, -0.2) is 4.98 Å². The highest BCUT2D eigenvalue weighted by Gasteiger charge is 2.30. The van der Waals surface area contributed by atoms with E-state index in [0.29, 0.717) is 18.5 Å². The lowest BCUT2D eigenvalue weighted by Crippen LogP contribution is -2.22. The first-order valence-electron chi connectivity index (χ1n) is 8.07. The van der Waals surface area contributed by atoms with Gasteiger partial charge in [0, 0.05) is 5.92 Å². The minimum Gasteiger partial charge on any atom is -0.352 e. The molecular formula is C14H19N5O5PS+. The highest BCUT2D eigenvalue weighted by atomic mass is 32.7. The van der Waals surface area contributed by atoms with Crippen LogP contribution in [0.2, 0.25) is 0 Å². The van der Waals surface area contributed by atoms with Crippen molar-refractivity contribution in [3.63, 3.8) is 0 Å². The standard InChI is InChI=1S/C14H18N5O5PS/c1-7(2)12(20)17-14-16-11-10(13(21)18-14)15-6-19(11)9-4-3-8(24-9)5-23-25(22)26/h6-9H,3-5H2,1-2H3,(H2-,16,17,18,20,21,22,26)/p+1/t8-,9+/m0/s1. The molecule has 0 aliphatic carbocycles. The molecule has 0 spiro atoms. The van der Waals surface area contributed by atoms with E-state index in [1.165, 1.54) is 6.33 Å². The summed E-state index contributed by atoms with van der Waals surface area (Å²) in [4.78, 5) is 34.9. The number of thiol groups is 1. The van der Waals surface area contributed by atoms with Crippen molar-refractivity contribution in [2.45, 2.75) is 39.0 Å². The van der Waals surface area contributed by atoms with Crippen molar-refractivity contribution in [2.24, 2.45) is 5.92 Å². The van der Waals surface area contributed by atoms with Crippen LogP contribution >= 0.6 is 19.5 Å². The molecule has 1 amide bonds. The van der Waals surface area contributed by atoms with Gasteiger partial charge in [-0.1, -0.05) is 13.8 Å². The zero-order valence-electron chi connectivity index (χ0n) is 14.2. The average Bonchev–Trinajstić information content (AvgIpc) is 3.19. The molecule has 0 saturated carbocycles. The summed E-state index contributed by atoms with van der Waals surface area (Å²) in [7, 11) is -1.98. The van der Waals surface area contributed by atoms with E-state index in [4.69, 9.17) is 9.26 Å². The van der Waals surface area contributed by atoms with Crippen molar-refractivity contribution in [2.75, 3.05) is 11.9 Å². The van der Waals surface area contributed by atoms with Gasteiger partial charge in [0.2, 0.25) is 11.9 Å². The van der Waals surface area contributed by atoms with Crippen LogP contribution in [-0.4, -0.2) is 38.1 Å². The van der Waals surface area contributed by atoms with E-state index < -0.39 is 12.8 Å². The van der Waals surface area contributed by atoms with Crippen molar-refractivity contribution in [1.82, 2.24) is 19.5 Å². The number of hydrogen-bond acceptors (Lipinski definition) is 7. The third kappa shape index (κ3) is 4.12. The van der Waals surface area contributed by atoms with Gasteiger partial charge in [0.05, 0.1) is 12.4 Å². The molecule has 2 aromatic rings. The molecule has 12 heteroatoms. The smallest absolute Gasteiger partial charge is 0.352 e. The molecule has 2 N–H and O–H groups in total. The lowest BCUT2D eigenvalue weighted by atomic mass is 10.2. The summed E-state index contributed by atoms with van der Waals surface area (Å²) in [5, 5.41) is 2.57. The number of H-pyrrole nitrogens is 1. The predicted octanol–water partition coefficient (Wildman–Crippen LogP) is 2.00. The molecule has 0 aromatic carbocycles. The average molecular weight is 400 g/mol. The number of hydrogen-bond donors (Lipinski definition) is 3. The summed E-state index contributed by atoms with van der Waals surface area (Å²) in [5.41, 5.74) is 0.0340. The van der Waals surface area contributed by atoms with Crippen LogP contribution in [-0.2, 0) is 18.6 Å². The number of fused-ring (bicyclic) bond motifs is 1. The fourth-order valence-corrected chi connectivity index (χ4v) is 3.11. The van der Waals surface area contributed by atoms with Gasteiger partial charge in [-0.15, -0.1) is 4.52 Å². The molecule has 0 bridgehead atoms. The Morgan fingerprint density at radius 2 is 2.35 bits per heavy atom. The van der Waals surface area contributed by atoms with E-state index in [0.717, 1.165) is 0 Å². The number of aromatic amines is 1. The number of aromatic nitrogens is 4. The number of nitrogens with zero attached hydrogens (tertiary/aromatic N) is 3. The molecule has 2 aromatic heterocycles. The first-order valence-corrected chi connectivity index (χ1v) is 10.4. The zero-order valence-corrected chi connectivity index (χ0v) is 16.0. The molecule has 0 radical (unpaired) electrons. The highest BCUT2D eigenvalue weighted by molar-refractivity contribution is 8.39. The minimum atomic E-state index is -1.98. The summed E-state index contributed by atoms with van der Waals surface area (Å²) in [6, 6.07) is 0. The maximum Gasteiger partial charge on any atom is 0.582 e. The Balaban J connectivity index is 1.83. The van der Waals surface area contributed by atoms with Crippen molar-refractivity contribution in [1.29, 1.82) is 0 Å². The van der Waals surface area contributed by atoms with Gasteiger partial charge in [0.1, 0.15) is 25.1 Å². The topological polar surface area (TPSA) is 128 Å². The maximum absolute atomic E-state index is 12.2. The van der Waals surface area contributed by atoms with Gasteiger partial charge in [-0.3, -0.25) is 24.5 Å². The molecule has 1 saturated heterocycles. The van der Waals surface area contributed by atoms with Crippen molar-refractivity contribution in [3.05, 3.63) is 16.7 Å². The van der Waals surface area contributed by atoms with Crippen LogP contribution in [0.15, 0.2) is 11.1 Å². The van der Waals surface area contributed by atoms with E-state index in [1.807, 2.05) is 0 Å². The highest BCUT2D eigenvalue weighted by Crippen LogP contribution is 2.33. The van der Waals surface area contributed by atoms with Gasteiger partial charge in [0.25, 0.3) is 5.56 Å². The number of carbonyl (C=O) groups excluding carboxylic acids is 1. The molecule has 3 heterocycles. The van der Waals surface area contributed by atoms with Gasteiger partial charge < -0.3 is 4.74 Å². The first kappa shape index (κ1) is 19.0. The Bertz CT molecular complexity index is 897. The van der Waals surface area contributed by atoms with Gasteiger partial charge in [0.15, 0.2) is 11.2 Å². The zero-order chi connectivity index (χ0) is 18.8. The number of nitrogens with one attached hydrogen (secondary N) is 2. The van der Waals surface area contributed by atoms with Crippen molar-refractivity contribution < 1.29 is 18.6 Å². The Morgan fingerprint density at radius 3 is 3.04 bits per heavy atom. The number of carbonyl (C=O) groups is 1. The monoisotopic (exact) mass is 400 g/mol. The van der Waals surface area contributed by atoms with Crippen molar-refractivity contribution in [3.8, 4) is 0 Å². The Morgan fingerprint density at radius 1 is 1.58 bits per heavy atom. The summed E-state index contributed by atoms with van der Waals surface area (Å²) >= 11 is 3.70. The van der Waals surface area contributed by atoms with Crippen LogP contribution in [0.5, 0.6) is 0 Å². The van der Waals surface area contributed by atoms with E-state index >= 15 is 0 Å². The van der Waals surface area contributed by atoms with Crippen LogP contribution < -0.4 is 10.9 Å².